The van der Waals surface area contributed by atoms with E-state index in [1.165, 1.54) is 5.56 Å². The van der Waals surface area contributed by atoms with Gasteiger partial charge < -0.3 is 10.5 Å². The van der Waals surface area contributed by atoms with Gasteiger partial charge in [0.2, 0.25) is 0 Å². The summed E-state index contributed by atoms with van der Waals surface area (Å²) < 4.78 is 7.09. The second-order valence-electron chi connectivity index (χ2n) is 5.13. The van der Waals surface area contributed by atoms with Gasteiger partial charge in [0, 0.05) is 10.5 Å². The molecule has 0 saturated heterocycles. The van der Waals surface area contributed by atoms with Crippen LogP contribution in [0.15, 0.2) is 53.0 Å². The first kappa shape index (κ1) is 15.2. The Labute approximate surface area is 129 Å². The molecule has 20 heavy (non-hydrogen) atoms. The van der Waals surface area contributed by atoms with Crippen molar-refractivity contribution < 1.29 is 4.74 Å². The largest absolute Gasteiger partial charge is 0.367 e. The number of rotatable bonds is 5. The van der Waals surface area contributed by atoms with Gasteiger partial charge in [-0.3, -0.25) is 0 Å². The van der Waals surface area contributed by atoms with E-state index in [1.807, 2.05) is 19.1 Å². The molecule has 0 aliphatic rings. The van der Waals surface area contributed by atoms with E-state index >= 15 is 0 Å². The van der Waals surface area contributed by atoms with Crippen LogP contribution in [0, 0.1) is 6.92 Å². The van der Waals surface area contributed by atoms with E-state index in [0.29, 0.717) is 6.61 Å². The van der Waals surface area contributed by atoms with Crippen LogP contribution in [0.5, 0.6) is 0 Å². The van der Waals surface area contributed by atoms with Crippen molar-refractivity contribution in [1.29, 1.82) is 0 Å². The number of hydrogen-bond donors (Lipinski definition) is 1. The minimum absolute atomic E-state index is 0.0480. The van der Waals surface area contributed by atoms with Gasteiger partial charge in [-0.15, -0.1) is 0 Å². The van der Waals surface area contributed by atoms with Crippen molar-refractivity contribution in [3.8, 4) is 0 Å². The highest BCUT2D eigenvalue weighted by molar-refractivity contribution is 9.10. The Morgan fingerprint density at radius 3 is 2.20 bits per heavy atom. The van der Waals surface area contributed by atoms with Gasteiger partial charge in [0.15, 0.2) is 0 Å². The fraction of sp³-hybridized carbons (Fsp3) is 0.294. The van der Waals surface area contributed by atoms with Crippen molar-refractivity contribution in [2.45, 2.75) is 32.6 Å². The molecule has 2 aromatic rings. The Balaban J connectivity index is 2.06. The van der Waals surface area contributed by atoms with Gasteiger partial charge in [0.05, 0.1) is 12.7 Å². The summed E-state index contributed by atoms with van der Waals surface area (Å²) in [5.41, 5.74) is 9.58. The van der Waals surface area contributed by atoms with Crippen LogP contribution in [-0.4, -0.2) is 6.04 Å². The van der Waals surface area contributed by atoms with Crippen LogP contribution in [0.2, 0.25) is 0 Å². The zero-order valence-electron chi connectivity index (χ0n) is 11.8. The molecule has 2 nitrogen and oxygen atoms in total. The second-order valence-corrected chi connectivity index (χ2v) is 6.04. The summed E-state index contributed by atoms with van der Waals surface area (Å²) in [5, 5.41) is 0. The van der Waals surface area contributed by atoms with Gasteiger partial charge >= 0.3 is 0 Å². The van der Waals surface area contributed by atoms with Crippen molar-refractivity contribution in [2.75, 3.05) is 0 Å². The highest BCUT2D eigenvalue weighted by Crippen LogP contribution is 2.23. The highest BCUT2D eigenvalue weighted by Gasteiger charge is 2.16. The molecule has 0 amide bonds. The van der Waals surface area contributed by atoms with Gasteiger partial charge in [0.25, 0.3) is 0 Å². The Morgan fingerprint density at radius 1 is 1.05 bits per heavy atom. The lowest BCUT2D eigenvalue weighted by Gasteiger charge is -2.22. The summed E-state index contributed by atoms with van der Waals surface area (Å²) in [6, 6.07) is 16.5. The third kappa shape index (κ3) is 4.17. The third-order valence-electron chi connectivity index (χ3n) is 3.23. The van der Waals surface area contributed by atoms with Gasteiger partial charge in [-0.2, -0.15) is 0 Å². The molecule has 2 N–H and O–H groups in total. The first-order valence-corrected chi connectivity index (χ1v) is 7.54. The van der Waals surface area contributed by atoms with E-state index in [9.17, 15) is 0 Å². The minimum atomic E-state index is -0.0840. The summed E-state index contributed by atoms with van der Waals surface area (Å²) in [6.07, 6.45) is -0.0840. The zero-order valence-corrected chi connectivity index (χ0v) is 13.4. The third-order valence-corrected chi connectivity index (χ3v) is 3.75. The van der Waals surface area contributed by atoms with Crippen molar-refractivity contribution >= 4 is 15.9 Å². The Hall–Kier alpha value is -1.16. The average molecular weight is 334 g/mol. The molecular weight excluding hydrogens is 314 g/mol. The van der Waals surface area contributed by atoms with E-state index in [1.54, 1.807) is 0 Å². The number of hydrogen-bond acceptors (Lipinski definition) is 2. The fourth-order valence-electron chi connectivity index (χ4n) is 2.07. The maximum absolute atomic E-state index is 6.06. The number of benzene rings is 2. The summed E-state index contributed by atoms with van der Waals surface area (Å²) in [4.78, 5) is 0. The molecule has 3 heteroatoms. The molecule has 0 radical (unpaired) electrons. The summed E-state index contributed by atoms with van der Waals surface area (Å²) in [5.74, 6) is 0. The number of ether oxygens (including phenoxy) is 1. The van der Waals surface area contributed by atoms with Crippen LogP contribution >= 0.6 is 15.9 Å². The average Bonchev–Trinajstić information content (AvgIpc) is 2.43. The van der Waals surface area contributed by atoms with Crippen molar-refractivity contribution in [1.82, 2.24) is 0 Å². The molecule has 2 atom stereocenters. The predicted octanol–water partition coefficient (Wildman–Crippen LogP) is 4.36. The SMILES string of the molecule is Cc1ccc(C(OCc2ccc(Br)cc2)C(C)N)cc1. The first-order chi connectivity index (χ1) is 9.56. The van der Waals surface area contributed by atoms with Gasteiger partial charge in [-0.05, 0) is 37.1 Å². The lowest BCUT2D eigenvalue weighted by molar-refractivity contribution is 0.0259. The standard InChI is InChI=1S/C17H20BrNO/c1-12-3-7-15(8-4-12)17(13(2)19)20-11-14-5-9-16(18)10-6-14/h3-10,13,17H,11,19H2,1-2H3. The molecule has 0 fully saturated rings. The molecule has 2 rings (SSSR count). The zero-order chi connectivity index (χ0) is 14.5. The molecule has 0 heterocycles. The Morgan fingerprint density at radius 2 is 1.65 bits per heavy atom. The quantitative estimate of drug-likeness (QED) is 0.882. The molecule has 0 spiro atoms. The van der Waals surface area contributed by atoms with Crippen molar-refractivity contribution in [2.24, 2.45) is 5.73 Å². The van der Waals surface area contributed by atoms with Crippen LogP contribution in [0.1, 0.15) is 29.7 Å². The minimum Gasteiger partial charge on any atom is -0.367 e. The van der Waals surface area contributed by atoms with Crippen LogP contribution in [-0.2, 0) is 11.3 Å². The van der Waals surface area contributed by atoms with Crippen molar-refractivity contribution in [3.05, 3.63) is 69.7 Å². The first-order valence-electron chi connectivity index (χ1n) is 6.74. The monoisotopic (exact) mass is 333 g/mol. The number of nitrogens with two attached hydrogens (primary N) is 1. The maximum Gasteiger partial charge on any atom is 0.0977 e. The van der Waals surface area contributed by atoms with E-state index in [4.69, 9.17) is 10.5 Å². The molecular formula is C17H20BrNO. The van der Waals surface area contributed by atoms with Crippen LogP contribution in [0.25, 0.3) is 0 Å². The van der Waals surface area contributed by atoms with E-state index in [0.717, 1.165) is 15.6 Å². The van der Waals surface area contributed by atoms with Crippen LogP contribution in [0.4, 0.5) is 0 Å². The van der Waals surface area contributed by atoms with Gasteiger partial charge in [-0.1, -0.05) is 57.9 Å². The Kier molecular flexibility index (Phi) is 5.35. The predicted molar refractivity (Wildman–Crippen MR) is 86.5 cm³/mol. The molecule has 2 aromatic carbocycles. The summed E-state index contributed by atoms with van der Waals surface area (Å²) >= 11 is 3.43. The number of aryl methyl sites for hydroxylation is 1. The summed E-state index contributed by atoms with van der Waals surface area (Å²) in [6.45, 7) is 4.62. The second kappa shape index (κ2) is 7.02. The lowest BCUT2D eigenvalue weighted by Crippen LogP contribution is -2.26. The van der Waals surface area contributed by atoms with E-state index < -0.39 is 0 Å². The molecule has 0 aliphatic heterocycles. The summed E-state index contributed by atoms with van der Waals surface area (Å²) in [7, 11) is 0. The van der Waals surface area contributed by atoms with Gasteiger partial charge in [-0.25, -0.2) is 0 Å². The fourth-order valence-corrected chi connectivity index (χ4v) is 2.34. The van der Waals surface area contributed by atoms with Crippen LogP contribution < -0.4 is 5.73 Å². The molecule has 0 bridgehead atoms. The van der Waals surface area contributed by atoms with Crippen LogP contribution in [0.3, 0.4) is 0 Å². The topological polar surface area (TPSA) is 35.2 Å². The Bertz CT molecular complexity index is 534. The molecule has 2 unspecified atom stereocenters. The lowest BCUT2D eigenvalue weighted by atomic mass is 10.0. The van der Waals surface area contributed by atoms with Gasteiger partial charge in [0.1, 0.15) is 0 Å². The van der Waals surface area contributed by atoms with E-state index in [-0.39, 0.29) is 12.1 Å². The van der Waals surface area contributed by atoms with Crippen molar-refractivity contribution in [3.63, 3.8) is 0 Å². The normalized spacial score (nSPS) is 14.0. The van der Waals surface area contributed by atoms with E-state index in [2.05, 4.69) is 59.3 Å². The number of halogens is 1. The smallest absolute Gasteiger partial charge is 0.0977 e. The molecule has 0 aliphatic carbocycles. The highest BCUT2D eigenvalue weighted by atomic mass is 79.9. The molecule has 0 saturated carbocycles. The maximum atomic E-state index is 6.06. The molecule has 0 aromatic heterocycles. The molecule has 106 valence electrons.